The van der Waals surface area contributed by atoms with Crippen molar-refractivity contribution >= 4 is 33.7 Å². The second kappa shape index (κ2) is 5.19. The molecule has 0 aliphatic heterocycles. The highest BCUT2D eigenvalue weighted by molar-refractivity contribution is 9.10. The molecule has 0 atom stereocenters. The third-order valence-corrected chi connectivity index (χ3v) is 3.64. The van der Waals surface area contributed by atoms with E-state index in [1.807, 2.05) is 0 Å². The largest absolute Gasteiger partial charge is 0.468 e. The van der Waals surface area contributed by atoms with E-state index in [9.17, 15) is 9.18 Å². The number of esters is 1. The summed E-state index contributed by atoms with van der Waals surface area (Å²) in [6, 6.07) is 4.62. The van der Waals surface area contributed by atoms with Gasteiger partial charge in [-0.15, -0.1) is 11.8 Å². The zero-order valence-electron chi connectivity index (χ0n) is 9.21. The smallest absolute Gasteiger partial charge is 0.321 e. The van der Waals surface area contributed by atoms with Crippen LogP contribution in [-0.2, 0) is 9.53 Å². The van der Waals surface area contributed by atoms with Gasteiger partial charge in [0.05, 0.1) is 7.11 Å². The number of hydrogen-bond donors (Lipinski definition) is 0. The van der Waals surface area contributed by atoms with Gasteiger partial charge in [0.2, 0.25) is 0 Å². The number of benzene rings is 1. The molecule has 5 heteroatoms. The number of rotatable bonds is 3. The van der Waals surface area contributed by atoms with E-state index in [0.29, 0.717) is 4.90 Å². The Labute approximate surface area is 107 Å². The molecule has 0 N–H and O–H groups in total. The van der Waals surface area contributed by atoms with E-state index in [4.69, 9.17) is 0 Å². The van der Waals surface area contributed by atoms with E-state index in [1.165, 1.54) is 13.2 Å². The lowest BCUT2D eigenvalue weighted by Crippen LogP contribution is -2.29. The molecular weight excluding hydrogens is 295 g/mol. The van der Waals surface area contributed by atoms with Crippen molar-refractivity contribution in [3.05, 3.63) is 28.5 Å². The van der Waals surface area contributed by atoms with Crippen molar-refractivity contribution in [1.29, 1.82) is 0 Å². The second-order valence-corrected chi connectivity index (χ2v) is 6.26. The molecule has 0 amide bonds. The Balaban J connectivity index is 2.95. The average Bonchev–Trinajstić information content (AvgIpc) is 2.22. The normalized spacial score (nSPS) is 11.3. The molecule has 0 saturated carbocycles. The molecule has 0 radical (unpaired) electrons. The van der Waals surface area contributed by atoms with Crippen molar-refractivity contribution in [1.82, 2.24) is 0 Å². The van der Waals surface area contributed by atoms with Crippen LogP contribution in [0.2, 0.25) is 0 Å². The van der Waals surface area contributed by atoms with Gasteiger partial charge in [-0.3, -0.25) is 4.79 Å². The Morgan fingerprint density at radius 1 is 1.50 bits per heavy atom. The first-order valence-electron chi connectivity index (χ1n) is 4.59. The Morgan fingerprint density at radius 2 is 2.12 bits per heavy atom. The molecule has 0 unspecified atom stereocenters. The number of hydrogen-bond acceptors (Lipinski definition) is 3. The maximum absolute atomic E-state index is 13.5. The van der Waals surface area contributed by atoms with Crippen molar-refractivity contribution in [2.75, 3.05) is 7.11 Å². The van der Waals surface area contributed by atoms with Crippen LogP contribution in [0.5, 0.6) is 0 Å². The summed E-state index contributed by atoms with van der Waals surface area (Å²) in [6.07, 6.45) is 0. The van der Waals surface area contributed by atoms with Crippen LogP contribution in [0.25, 0.3) is 0 Å². The topological polar surface area (TPSA) is 26.3 Å². The molecule has 1 aromatic rings. The third kappa shape index (κ3) is 3.22. The van der Waals surface area contributed by atoms with Crippen molar-refractivity contribution in [2.24, 2.45) is 0 Å². The summed E-state index contributed by atoms with van der Waals surface area (Å²) in [7, 11) is 1.32. The lowest BCUT2D eigenvalue weighted by Gasteiger charge is -2.21. The van der Waals surface area contributed by atoms with Crippen molar-refractivity contribution in [3.63, 3.8) is 0 Å². The summed E-state index contributed by atoms with van der Waals surface area (Å²) in [5.74, 6) is -0.720. The molecule has 0 saturated heterocycles. The molecule has 0 fully saturated rings. The van der Waals surface area contributed by atoms with Gasteiger partial charge in [0.25, 0.3) is 0 Å². The maximum atomic E-state index is 13.5. The third-order valence-electron chi connectivity index (χ3n) is 1.94. The number of methoxy groups -OCH3 is 1. The molecule has 88 valence electrons. The van der Waals surface area contributed by atoms with E-state index in [2.05, 4.69) is 20.7 Å². The highest BCUT2D eigenvalue weighted by Gasteiger charge is 2.31. The van der Waals surface area contributed by atoms with Crippen molar-refractivity contribution in [2.45, 2.75) is 23.5 Å². The predicted molar refractivity (Wildman–Crippen MR) is 66.1 cm³/mol. The predicted octanol–water partition coefficient (Wildman–Crippen LogP) is 3.63. The van der Waals surface area contributed by atoms with Gasteiger partial charge in [0.1, 0.15) is 10.6 Å². The molecule has 0 aliphatic rings. The number of thioether (sulfide) groups is 1. The zero-order valence-corrected chi connectivity index (χ0v) is 11.6. The number of carbonyl (C=O) groups is 1. The fourth-order valence-electron chi connectivity index (χ4n) is 1.12. The van der Waals surface area contributed by atoms with Crippen LogP contribution in [0.4, 0.5) is 4.39 Å². The van der Waals surface area contributed by atoms with Crippen LogP contribution in [0.1, 0.15) is 13.8 Å². The van der Waals surface area contributed by atoms with E-state index in [1.54, 1.807) is 26.0 Å². The van der Waals surface area contributed by atoms with Gasteiger partial charge in [-0.25, -0.2) is 4.39 Å². The minimum Gasteiger partial charge on any atom is -0.468 e. The van der Waals surface area contributed by atoms with Crippen LogP contribution < -0.4 is 0 Å². The van der Waals surface area contributed by atoms with Gasteiger partial charge in [-0.05, 0) is 32.0 Å². The molecule has 0 aliphatic carbocycles. The van der Waals surface area contributed by atoms with Gasteiger partial charge < -0.3 is 4.74 Å². The van der Waals surface area contributed by atoms with Gasteiger partial charge in [0.15, 0.2) is 0 Å². The van der Waals surface area contributed by atoms with Gasteiger partial charge in [-0.2, -0.15) is 0 Å². The fraction of sp³-hybridized carbons (Fsp3) is 0.364. The highest BCUT2D eigenvalue weighted by atomic mass is 79.9. The number of carbonyl (C=O) groups excluding carboxylic acids is 1. The molecule has 0 aromatic heterocycles. The van der Waals surface area contributed by atoms with E-state index < -0.39 is 4.75 Å². The minimum atomic E-state index is -0.809. The molecular formula is C11H12BrFO2S. The SMILES string of the molecule is COC(=O)C(C)(C)Sc1cc(Br)ccc1F. The zero-order chi connectivity index (χ0) is 12.3. The number of halogens is 2. The van der Waals surface area contributed by atoms with E-state index >= 15 is 0 Å². The van der Waals surface area contributed by atoms with Crippen LogP contribution >= 0.6 is 27.7 Å². The lowest BCUT2D eigenvalue weighted by atomic mass is 10.2. The first-order chi connectivity index (χ1) is 7.36. The molecule has 0 bridgehead atoms. The summed E-state index contributed by atoms with van der Waals surface area (Å²) in [4.78, 5) is 11.9. The first-order valence-corrected chi connectivity index (χ1v) is 6.20. The molecule has 1 rings (SSSR count). The average molecular weight is 307 g/mol. The Bertz CT molecular complexity index is 407. The Kier molecular flexibility index (Phi) is 4.38. The Hall–Kier alpha value is -0.550. The molecule has 1 aromatic carbocycles. The number of ether oxygens (including phenoxy) is 1. The molecule has 0 heterocycles. The summed E-state index contributed by atoms with van der Waals surface area (Å²) >= 11 is 4.40. The molecule has 16 heavy (non-hydrogen) atoms. The van der Waals surface area contributed by atoms with Gasteiger partial charge >= 0.3 is 5.97 Å². The minimum absolute atomic E-state index is 0.342. The second-order valence-electron chi connectivity index (χ2n) is 3.68. The molecule has 2 nitrogen and oxygen atoms in total. The van der Waals surface area contributed by atoms with Crippen molar-refractivity contribution in [3.8, 4) is 0 Å². The Morgan fingerprint density at radius 3 is 2.69 bits per heavy atom. The standard InChI is InChI=1S/C11H12BrFO2S/c1-11(2,10(14)15-3)16-9-6-7(12)4-5-8(9)13/h4-6H,1-3H3. The van der Waals surface area contributed by atoms with Crippen LogP contribution in [0.3, 0.4) is 0 Å². The summed E-state index contributed by atoms with van der Waals surface area (Å²) < 4.78 is 18.1. The summed E-state index contributed by atoms with van der Waals surface area (Å²) in [5.41, 5.74) is 0. The fourth-order valence-corrected chi connectivity index (χ4v) is 2.70. The van der Waals surface area contributed by atoms with E-state index in [-0.39, 0.29) is 11.8 Å². The van der Waals surface area contributed by atoms with Crippen LogP contribution in [-0.4, -0.2) is 17.8 Å². The van der Waals surface area contributed by atoms with Crippen molar-refractivity contribution < 1.29 is 13.9 Å². The summed E-state index contributed by atoms with van der Waals surface area (Å²) in [5, 5.41) is 0. The van der Waals surface area contributed by atoms with Crippen LogP contribution in [0, 0.1) is 5.82 Å². The van der Waals surface area contributed by atoms with E-state index in [0.717, 1.165) is 16.2 Å². The van der Waals surface area contributed by atoms with Gasteiger partial charge in [-0.1, -0.05) is 15.9 Å². The maximum Gasteiger partial charge on any atom is 0.321 e. The molecule has 0 spiro atoms. The summed E-state index contributed by atoms with van der Waals surface area (Å²) in [6.45, 7) is 3.40. The monoisotopic (exact) mass is 306 g/mol. The van der Waals surface area contributed by atoms with Gasteiger partial charge in [0, 0.05) is 9.37 Å². The first kappa shape index (κ1) is 13.5. The highest BCUT2D eigenvalue weighted by Crippen LogP contribution is 2.36. The van der Waals surface area contributed by atoms with Crippen LogP contribution in [0.15, 0.2) is 27.6 Å². The lowest BCUT2D eigenvalue weighted by molar-refractivity contribution is -0.142. The quantitative estimate of drug-likeness (QED) is 0.630.